The summed E-state index contributed by atoms with van der Waals surface area (Å²) < 4.78 is 5.43. The highest BCUT2D eigenvalue weighted by Gasteiger charge is 2.31. The largest absolute Gasteiger partial charge is 0.480 e. The zero-order valence-corrected chi connectivity index (χ0v) is 8.64. The highest BCUT2D eigenvalue weighted by molar-refractivity contribution is 5.75. The summed E-state index contributed by atoms with van der Waals surface area (Å²) >= 11 is 0. The molecule has 1 aliphatic heterocycles. The molecule has 1 fully saturated rings. The van der Waals surface area contributed by atoms with Crippen molar-refractivity contribution in [3.63, 3.8) is 0 Å². The van der Waals surface area contributed by atoms with Gasteiger partial charge in [0.1, 0.15) is 6.04 Å². The normalized spacial score (nSPS) is 31.0. The van der Waals surface area contributed by atoms with Crippen molar-refractivity contribution in [1.29, 1.82) is 0 Å². The zero-order chi connectivity index (χ0) is 10.7. The van der Waals surface area contributed by atoms with Gasteiger partial charge in [0, 0.05) is 12.6 Å². The number of rotatable bonds is 3. The van der Waals surface area contributed by atoms with Crippen LogP contribution in [0.3, 0.4) is 0 Å². The summed E-state index contributed by atoms with van der Waals surface area (Å²) in [6.45, 7) is 8.69. The van der Waals surface area contributed by atoms with Gasteiger partial charge in [-0.15, -0.1) is 6.58 Å². The van der Waals surface area contributed by atoms with Gasteiger partial charge in [0.25, 0.3) is 0 Å². The minimum Gasteiger partial charge on any atom is -0.480 e. The minimum absolute atomic E-state index is 0.0907. The summed E-state index contributed by atoms with van der Waals surface area (Å²) in [6, 6.07) is -0.471. The molecular weight excluding hydrogens is 182 g/mol. The molecule has 3 unspecified atom stereocenters. The molecule has 1 saturated heterocycles. The number of carbonyl (C=O) groups is 1. The SMILES string of the molecule is C=CC(C(=O)O)N1CC(C)OCC1C. The predicted molar refractivity (Wildman–Crippen MR) is 53.2 cm³/mol. The molecule has 0 spiro atoms. The Kier molecular flexibility index (Phi) is 3.66. The zero-order valence-electron chi connectivity index (χ0n) is 8.64. The molecule has 0 aromatic heterocycles. The van der Waals surface area contributed by atoms with Crippen molar-refractivity contribution in [3.05, 3.63) is 12.7 Å². The summed E-state index contributed by atoms with van der Waals surface area (Å²) in [7, 11) is 0. The van der Waals surface area contributed by atoms with E-state index in [1.807, 2.05) is 18.7 Å². The second kappa shape index (κ2) is 4.57. The molecule has 0 aromatic rings. The lowest BCUT2D eigenvalue weighted by Crippen LogP contribution is -2.53. The average molecular weight is 199 g/mol. The molecule has 14 heavy (non-hydrogen) atoms. The highest BCUT2D eigenvalue weighted by atomic mass is 16.5. The maximum atomic E-state index is 10.9. The van der Waals surface area contributed by atoms with Crippen molar-refractivity contribution in [3.8, 4) is 0 Å². The monoisotopic (exact) mass is 199 g/mol. The fraction of sp³-hybridized carbons (Fsp3) is 0.700. The second-order valence-electron chi connectivity index (χ2n) is 3.71. The van der Waals surface area contributed by atoms with Crippen molar-refractivity contribution in [2.75, 3.05) is 13.2 Å². The van der Waals surface area contributed by atoms with Gasteiger partial charge in [-0.2, -0.15) is 0 Å². The second-order valence-corrected chi connectivity index (χ2v) is 3.71. The van der Waals surface area contributed by atoms with E-state index in [-0.39, 0.29) is 12.1 Å². The number of hydrogen-bond donors (Lipinski definition) is 1. The van der Waals surface area contributed by atoms with Gasteiger partial charge in [-0.3, -0.25) is 9.69 Å². The summed E-state index contributed by atoms with van der Waals surface area (Å²) in [5.74, 6) is -0.846. The van der Waals surface area contributed by atoms with Crippen LogP contribution in [0.2, 0.25) is 0 Å². The molecule has 1 heterocycles. The topological polar surface area (TPSA) is 49.8 Å². The fourth-order valence-electron chi connectivity index (χ4n) is 1.69. The molecule has 0 bridgehead atoms. The van der Waals surface area contributed by atoms with Gasteiger partial charge < -0.3 is 9.84 Å². The molecule has 4 heteroatoms. The molecule has 0 amide bonds. The van der Waals surface area contributed by atoms with Crippen LogP contribution >= 0.6 is 0 Å². The van der Waals surface area contributed by atoms with Gasteiger partial charge in [0.15, 0.2) is 0 Å². The van der Waals surface area contributed by atoms with Gasteiger partial charge in [-0.25, -0.2) is 0 Å². The number of carboxylic acids is 1. The Hall–Kier alpha value is -0.870. The standard InChI is InChI=1S/C10H17NO3/c1-4-9(10(12)13)11-5-8(3)14-6-7(11)2/h4,7-9H,1,5-6H2,2-3H3,(H,12,13). The van der Waals surface area contributed by atoms with E-state index < -0.39 is 12.0 Å². The third-order valence-electron chi connectivity index (χ3n) is 2.49. The lowest BCUT2D eigenvalue weighted by molar-refractivity contribution is -0.146. The first-order valence-electron chi connectivity index (χ1n) is 4.79. The Balaban J connectivity index is 2.71. The molecular formula is C10H17NO3. The van der Waals surface area contributed by atoms with Crippen LogP contribution < -0.4 is 0 Å². The quantitative estimate of drug-likeness (QED) is 0.681. The van der Waals surface area contributed by atoms with Crippen LogP contribution in [0.15, 0.2) is 12.7 Å². The molecule has 4 nitrogen and oxygen atoms in total. The van der Waals surface area contributed by atoms with Crippen LogP contribution in [0.4, 0.5) is 0 Å². The van der Waals surface area contributed by atoms with Crippen LogP contribution in [-0.4, -0.2) is 47.3 Å². The van der Waals surface area contributed by atoms with Crippen molar-refractivity contribution in [1.82, 2.24) is 4.90 Å². The number of morpholine rings is 1. The Morgan fingerprint density at radius 3 is 2.86 bits per heavy atom. The van der Waals surface area contributed by atoms with Crippen LogP contribution in [0.1, 0.15) is 13.8 Å². The van der Waals surface area contributed by atoms with E-state index in [0.29, 0.717) is 13.2 Å². The van der Waals surface area contributed by atoms with Gasteiger partial charge >= 0.3 is 5.97 Å². The molecule has 0 aromatic carbocycles. The lowest BCUT2D eigenvalue weighted by Gasteiger charge is -2.39. The summed E-state index contributed by atoms with van der Waals surface area (Å²) in [5.41, 5.74) is 0. The van der Waals surface area contributed by atoms with Gasteiger partial charge in [-0.05, 0) is 13.8 Å². The number of hydrogen-bond acceptors (Lipinski definition) is 3. The smallest absolute Gasteiger partial charge is 0.324 e. The molecule has 80 valence electrons. The summed E-state index contributed by atoms with van der Waals surface area (Å²) in [4.78, 5) is 12.8. The van der Waals surface area contributed by atoms with Crippen LogP contribution in [0.5, 0.6) is 0 Å². The molecule has 1 N–H and O–H groups in total. The number of ether oxygens (including phenoxy) is 1. The lowest BCUT2D eigenvalue weighted by atomic mass is 10.1. The Labute approximate surface area is 84.2 Å². The first-order valence-corrected chi connectivity index (χ1v) is 4.79. The van der Waals surface area contributed by atoms with Crippen LogP contribution in [0.25, 0.3) is 0 Å². The third-order valence-corrected chi connectivity index (χ3v) is 2.49. The van der Waals surface area contributed by atoms with E-state index >= 15 is 0 Å². The summed E-state index contributed by atoms with van der Waals surface area (Å²) in [6.07, 6.45) is 1.56. The van der Waals surface area contributed by atoms with E-state index in [1.165, 1.54) is 6.08 Å². The van der Waals surface area contributed by atoms with Crippen molar-refractivity contribution < 1.29 is 14.6 Å². The molecule has 3 atom stereocenters. The molecule has 0 radical (unpaired) electrons. The van der Waals surface area contributed by atoms with Crippen LogP contribution in [0, 0.1) is 0 Å². The van der Waals surface area contributed by atoms with E-state index in [4.69, 9.17) is 9.84 Å². The molecule has 0 saturated carbocycles. The maximum absolute atomic E-state index is 10.9. The van der Waals surface area contributed by atoms with E-state index in [0.717, 1.165) is 0 Å². The average Bonchev–Trinajstić information content (AvgIpc) is 2.11. The Morgan fingerprint density at radius 2 is 2.36 bits per heavy atom. The number of carboxylic acid groups (broad SMARTS) is 1. The number of nitrogens with zero attached hydrogens (tertiary/aromatic N) is 1. The Bertz CT molecular complexity index is 229. The van der Waals surface area contributed by atoms with E-state index in [2.05, 4.69) is 6.58 Å². The molecule has 0 aliphatic carbocycles. The predicted octanol–water partition coefficient (Wildman–Crippen LogP) is 0.735. The van der Waals surface area contributed by atoms with Crippen molar-refractivity contribution in [2.45, 2.75) is 32.0 Å². The maximum Gasteiger partial charge on any atom is 0.324 e. The van der Waals surface area contributed by atoms with Crippen molar-refractivity contribution >= 4 is 5.97 Å². The van der Waals surface area contributed by atoms with Gasteiger partial charge in [0.2, 0.25) is 0 Å². The highest BCUT2D eigenvalue weighted by Crippen LogP contribution is 2.15. The van der Waals surface area contributed by atoms with E-state index in [9.17, 15) is 4.79 Å². The minimum atomic E-state index is -0.846. The van der Waals surface area contributed by atoms with Gasteiger partial charge in [0.05, 0.1) is 12.7 Å². The summed E-state index contributed by atoms with van der Waals surface area (Å²) in [5, 5.41) is 8.98. The third kappa shape index (κ3) is 2.33. The first-order chi connectivity index (χ1) is 6.56. The molecule has 1 aliphatic rings. The van der Waals surface area contributed by atoms with Crippen molar-refractivity contribution in [2.24, 2.45) is 0 Å². The first kappa shape index (κ1) is 11.2. The Morgan fingerprint density at radius 1 is 1.71 bits per heavy atom. The van der Waals surface area contributed by atoms with E-state index in [1.54, 1.807) is 0 Å². The van der Waals surface area contributed by atoms with Crippen LogP contribution in [-0.2, 0) is 9.53 Å². The fourth-order valence-corrected chi connectivity index (χ4v) is 1.69. The number of aliphatic carboxylic acids is 1. The van der Waals surface area contributed by atoms with Gasteiger partial charge in [-0.1, -0.05) is 6.08 Å². The molecule has 1 rings (SSSR count).